The predicted molar refractivity (Wildman–Crippen MR) is 128 cm³/mol. The number of nitrogens with one attached hydrogen (secondary N) is 1. The highest BCUT2D eigenvalue weighted by atomic mass is 35.5. The summed E-state index contributed by atoms with van der Waals surface area (Å²) in [7, 11) is 0. The monoisotopic (exact) mass is 468 g/mol. The Hall–Kier alpha value is -2.83. The number of anilines is 1. The molecule has 0 spiro atoms. The van der Waals surface area contributed by atoms with Gasteiger partial charge in [0.15, 0.2) is 0 Å². The van der Waals surface area contributed by atoms with Crippen LogP contribution in [0.3, 0.4) is 0 Å². The molecule has 1 unspecified atom stereocenters. The molecule has 4 rings (SSSR count). The number of nitrogens with zero attached hydrogens (tertiary/aromatic N) is 1. The quantitative estimate of drug-likeness (QED) is 0.516. The first kappa shape index (κ1) is 22.4. The van der Waals surface area contributed by atoms with Crippen LogP contribution >= 0.6 is 23.4 Å². The fraction of sp³-hybridized carbons (Fsp3) is 0.200. The lowest BCUT2D eigenvalue weighted by molar-refractivity contribution is -0.115. The summed E-state index contributed by atoms with van der Waals surface area (Å²) < 4.78 is 13.3. The summed E-state index contributed by atoms with van der Waals surface area (Å²) in [5, 5.41) is 3.38. The molecule has 1 atom stereocenters. The number of carbonyl (C=O) groups is 2. The number of hydrogen-bond acceptors (Lipinski definition) is 3. The summed E-state index contributed by atoms with van der Waals surface area (Å²) in [6.07, 6.45) is 0.683. The Morgan fingerprint density at radius 2 is 1.94 bits per heavy atom. The van der Waals surface area contributed by atoms with Crippen LogP contribution < -0.4 is 10.2 Å². The third kappa shape index (κ3) is 4.97. The molecule has 1 aliphatic rings. The topological polar surface area (TPSA) is 49.4 Å². The summed E-state index contributed by atoms with van der Waals surface area (Å²) in [6, 6.07) is 19.1. The molecule has 32 heavy (non-hydrogen) atoms. The van der Waals surface area contributed by atoms with E-state index in [0.717, 1.165) is 22.4 Å². The van der Waals surface area contributed by atoms with E-state index in [2.05, 4.69) is 5.32 Å². The van der Waals surface area contributed by atoms with Crippen LogP contribution in [0.4, 0.5) is 10.1 Å². The zero-order valence-electron chi connectivity index (χ0n) is 17.5. The minimum absolute atomic E-state index is 0.00820. The van der Waals surface area contributed by atoms with Crippen molar-refractivity contribution in [3.63, 3.8) is 0 Å². The van der Waals surface area contributed by atoms with Gasteiger partial charge in [-0.15, -0.1) is 11.8 Å². The fourth-order valence-corrected chi connectivity index (χ4v) is 5.12. The lowest BCUT2D eigenvalue weighted by atomic mass is 10.1. The van der Waals surface area contributed by atoms with Crippen LogP contribution in [0.5, 0.6) is 0 Å². The average molecular weight is 469 g/mol. The van der Waals surface area contributed by atoms with Crippen molar-refractivity contribution in [2.75, 3.05) is 17.2 Å². The van der Waals surface area contributed by atoms with Gasteiger partial charge in [-0.1, -0.05) is 35.9 Å². The van der Waals surface area contributed by atoms with E-state index in [4.69, 9.17) is 11.6 Å². The highest BCUT2D eigenvalue weighted by molar-refractivity contribution is 8.00. The first-order valence-electron chi connectivity index (χ1n) is 10.2. The molecule has 2 amide bonds. The summed E-state index contributed by atoms with van der Waals surface area (Å²) in [6.45, 7) is 2.38. The van der Waals surface area contributed by atoms with Crippen molar-refractivity contribution >= 4 is 40.9 Å². The van der Waals surface area contributed by atoms with Gasteiger partial charge in [0.25, 0.3) is 5.91 Å². The molecule has 1 N–H and O–H groups in total. The van der Waals surface area contributed by atoms with E-state index in [1.165, 1.54) is 23.9 Å². The first-order chi connectivity index (χ1) is 15.4. The summed E-state index contributed by atoms with van der Waals surface area (Å²) in [4.78, 5) is 27.0. The van der Waals surface area contributed by atoms with Crippen LogP contribution in [0, 0.1) is 12.7 Å². The Morgan fingerprint density at radius 1 is 1.16 bits per heavy atom. The molecule has 1 heterocycles. The minimum atomic E-state index is -0.309. The highest BCUT2D eigenvalue weighted by Crippen LogP contribution is 2.42. The normalized spacial score (nSPS) is 15.8. The molecule has 0 radical (unpaired) electrons. The second-order valence-electron chi connectivity index (χ2n) is 7.62. The molecule has 0 aliphatic carbocycles. The van der Waals surface area contributed by atoms with Gasteiger partial charge < -0.3 is 5.32 Å². The van der Waals surface area contributed by atoms with Gasteiger partial charge in [-0.25, -0.2) is 4.39 Å². The molecule has 0 saturated carbocycles. The Bertz CT molecular complexity index is 1150. The largest absolute Gasteiger partial charge is 0.352 e. The summed E-state index contributed by atoms with van der Waals surface area (Å²) in [5.41, 5.74) is 4.04. The maximum Gasteiger partial charge on any atom is 0.251 e. The van der Waals surface area contributed by atoms with Crippen molar-refractivity contribution in [2.45, 2.75) is 18.7 Å². The standard InChI is InChI=1S/C25H22ClFN2O2S/c1-16-13-19(24(31)28-12-11-17-3-2-4-20(26)14-17)7-10-22(16)29-23(30)15-32-25(29)18-5-8-21(27)9-6-18/h2-10,13-14,25H,11-12,15H2,1H3,(H,28,31). The molecule has 3 aromatic carbocycles. The van der Waals surface area contributed by atoms with Gasteiger partial charge in [0.1, 0.15) is 11.2 Å². The number of benzene rings is 3. The van der Waals surface area contributed by atoms with Gasteiger partial charge in [0.2, 0.25) is 5.91 Å². The number of thioether (sulfide) groups is 1. The Kier molecular flexibility index (Phi) is 6.82. The van der Waals surface area contributed by atoms with Crippen LogP contribution in [0.1, 0.15) is 32.4 Å². The van der Waals surface area contributed by atoms with E-state index in [9.17, 15) is 14.0 Å². The maximum absolute atomic E-state index is 13.3. The van der Waals surface area contributed by atoms with Crippen LogP contribution in [-0.4, -0.2) is 24.1 Å². The maximum atomic E-state index is 13.3. The number of rotatable bonds is 6. The van der Waals surface area contributed by atoms with E-state index >= 15 is 0 Å². The Balaban J connectivity index is 1.46. The van der Waals surface area contributed by atoms with Gasteiger partial charge in [0.05, 0.1) is 5.75 Å². The van der Waals surface area contributed by atoms with Crippen molar-refractivity contribution in [3.05, 3.63) is 99.8 Å². The van der Waals surface area contributed by atoms with Crippen LogP contribution in [-0.2, 0) is 11.2 Å². The molecule has 1 saturated heterocycles. The second-order valence-corrected chi connectivity index (χ2v) is 9.12. The van der Waals surface area contributed by atoms with Crippen LogP contribution in [0.2, 0.25) is 5.02 Å². The fourth-order valence-electron chi connectivity index (χ4n) is 3.74. The molecular weight excluding hydrogens is 447 g/mol. The zero-order valence-corrected chi connectivity index (χ0v) is 19.0. The SMILES string of the molecule is Cc1cc(C(=O)NCCc2cccc(Cl)c2)ccc1N1C(=O)CSC1c1ccc(F)cc1. The summed E-state index contributed by atoms with van der Waals surface area (Å²) >= 11 is 7.51. The van der Waals surface area contributed by atoms with E-state index < -0.39 is 0 Å². The van der Waals surface area contributed by atoms with Crippen molar-refractivity contribution in [3.8, 4) is 0 Å². The molecular formula is C25H22ClFN2O2S. The molecule has 3 aromatic rings. The smallest absolute Gasteiger partial charge is 0.251 e. The van der Waals surface area contributed by atoms with Gasteiger partial charge in [0, 0.05) is 22.8 Å². The Labute approximate surface area is 195 Å². The predicted octanol–water partition coefficient (Wildman–Crippen LogP) is 5.54. The third-order valence-corrected chi connectivity index (χ3v) is 6.78. The van der Waals surface area contributed by atoms with Crippen molar-refractivity contribution in [2.24, 2.45) is 0 Å². The highest BCUT2D eigenvalue weighted by Gasteiger charge is 2.34. The summed E-state index contributed by atoms with van der Waals surface area (Å²) in [5.74, 6) is -0.130. The average Bonchev–Trinajstić information content (AvgIpc) is 3.15. The lowest BCUT2D eigenvalue weighted by Crippen LogP contribution is -2.29. The molecule has 7 heteroatoms. The van der Waals surface area contributed by atoms with Crippen molar-refractivity contribution in [1.29, 1.82) is 0 Å². The number of aryl methyl sites for hydroxylation is 1. The number of amides is 2. The minimum Gasteiger partial charge on any atom is -0.352 e. The van der Waals surface area contributed by atoms with Crippen molar-refractivity contribution in [1.82, 2.24) is 5.32 Å². The van der Waals surface area contributed by atoms with Crippen LogP contribution in [0.25, 0.3) is 0 Å². The van der Waals surface area contributed by atoms with Crippen LogP contribution in [0.15, 0.2) is 66.7 Å². The van der Waals surface area contributed by atoms with E-state index in [-0.39, 0.29) is 23.0 Å². The van der Waals surface area contributed by atoms with Gasteiger partial charge in [-0.05, 0) is 72.5 Å². The number of halogens is 2. The zero-order chi connectivity index (χ0) is 22.7. The first-order valence-corrected chi connectivity index (χ1v) is 11.7. The second kappa shape index (κ2) is 9.76. The molecule has 0 aromatic heterocycles. The van der Waals surface area contributed by atoms with E-state index in [0.29, 0.717) is 29.3 Å². The third-order valence-electron chi connectivity index (χ3n) is 5.33. The molecule has 1 aliphatic heterocycles. The van der Waals surface area contributed by atoms with Gasteiger partial charge in [-0.3, -0.25) is 14.5 Å². The van der Waals surface area contributed by atoms with E-state index in [1.54, 1.807) is 29.2 Å². The van der Waals surface area contributed by atoms with Crippen molar-refractivity contribution < 1.29 is 14.0 Å². The molecule has 164 valence electrons. The van der Waals surface area contributed by atoms with Gasteiger partial charge >= 0.3 is 0 Å². The lowest BCUT2D eigenvalue weighted by Gasteiger charge is -2.26. The molecule has 0 bridgehead atoms. The molecule has 1 fully saturated rings. The Morgan fingerprint density at radius 3 is 2.66 bits per heavy atom. The van der Waals surface area contributed by atoms with Gasteiger partial charge in [-0.2, -0.15) is 0 Å². The number of hydrogen-bond donors (Lipinski definition) is 1. The van der Waals surface area contributed by atoms with E-state index in [1.807, 2.05) is 37.3 Å². The number of carbonyl (C=O) groups excluding carboxylic acids is 2. The molecule has 4 nitrogen and oxygen atoms in total.